The molecule has 0 spiro atoms. The summed E-state index contributed by atoms with van der Waals surface area (Å²) in [5.74, 6) is -3.70. The van der Waals surface area contributed by atoms with E-state index < -0.39 is 43.0 Å². The quantitative estimate of drug-likeness (QED) is 0.824. The van der Waals surface area contributed by atoms with Crippen molar-refractivity contribution < 1.29 is 22.0 Å². The van der Waals surface area contributed by atoms with Crippen LogP contribution in [0.1, 0.15) is 23.7 Å². The standard InChI is InChI=1S/C11H11ClF2N2O3S/c1-4-2-7(4)16-11(17)5-3-6(13)9(14)10(8(5)12)20(15,18)19/h3-4,7H,2H2,1H3,(H,16,17)(H2,15,18,19). The average Bonchev–Trinajstić information content (AvgIpc) is 2.97. The highest BCUT2D eigenvalue weighted by Gasteiger charge is 2.35. The van der Waals surface area contributed by atoms with Crippen LogP contribution in [-0.2, 0) is 10.0 Å². The first-order valence-corrected chi connectivity index (χ1v) is 7.56. The van der Waals surface area contributed by atoms with Gasteiger partial charge in [0.2, 0.25) is 10.0 Å². The summed E-state index contributed by atoms with van der Waals surface area (Å²) >= 11 is 5.68. The van der Waals surface area contributed by atoms with Crippen LogP contribution in [0, 0.1) is 17.6 Å². The Morgan fingerprint density at radius 3 is 2.50 bits per heavy atom. The first-order valence-electron chi connectivity index (χ1n) is 5.64. The van der Waals surface area contributed by atoms with E-state index in [1.807, 2.05) is 6.92 Å². The van der Waals surface area contributed by atoms with Crippen LogP contribution in [0.25, 0.3) is 0 Å². The van der Waals surface area contributed by atoms with Crippen molar-refractivity contribution in [1.29, 1.82) is 0 Å². The number of hydrogen-bond acceptors (Lipinski definition) is 3. The molecule has 1 aliphatic carbocycles. The largest absolute Gasteiger partial charge is 0.349 e. The summed E-state index contributed by atoms with van der Waals surface area (Å²) < 4.78 is 49.4. The minimum atomic E-state index is -4.59. The molecule has 1 fully saturated rings. The van der Waals surface area contributed by atoms with Crippen LogP contribution in [0.2, 0.25) is 5.02 Å². The lowest BCUT2D eigenvalue weighted by Crippen LogP contribution is -2.28. The molecule has 9 heteroatoms. The van der Waals surface area contributed by atoms with E-state index in [1.54, 1.807) is 0 Å². The third-order valence-electron chi connectivity index (χ3n) is 3.07. The van der Waals surface area contributed by atoms with E-state index in [2.05, 4.69) is 5.32 Å². The summed E-state index contributed by atoms with van der Waals surface area (Å²) in [6, 6.07) is 0.471. The molecular weight excluding hydrogens is 314 g/mol. The van der Waals surface area contributed by atoms with Crippen molar-refractivity contribution in [1.82, 2.24) is 5.32 Å². The van der Waals surface area contributed by atoms with Crippen molar-refractivity contribution in [3.63, 3.8) is 0 Å². The van der Waals surface area contributed by atoms with Gasteiger partial charge in [-0.3, -0.25) is 4.79 Å². The molecule has 0 heterocycles. The second kappa shape index (κ2) is 4.94. The maximum absolute atomic E-state index is 13.5. The Balaban J connectivity index is 2.49. The number of amides is 1. The maximum atomic E-state index is 13.5. The highest BCUT2D eigenvalue weighted by Crippen LogP contribution is 2.32. The molecule has 2 rings (SSSR count). The van der Waals surface area contributed by atoms with E-state index in [9.17, 15) is 22.0 Å². The third-order valence-corrected chi connectivity index (χ3v) is 4.53. The Bertz CT molecular complexity index is 693. The normalized spacial score (nSPS) is 21.6. The van der Waals surface area contributed by atoms with Gasteiger partial charge in [-0.2, -0.15) is 0 Å². The number of primary sulfonamides is 1. The Labute approximate surface area is 119 Å². The molecule has 1 aromatic rings. The van der Waals surface area contributed by atoms with Gasteiger partial charge < -0.3 is 5.32 Å². The molecule has 1 aromatic carbocycles. The van der Waals surface area contributed by atoms with Crippen molar-refractivity contribution in [2.75, 3.05) is 0 Å². The zero-order valence-electron chi connectivity index (χ0n) is 10.3. The maximum Gasteiger partial charge on any atom is 0.253 e. The fourth-order valence-corrected chi connectivity index (χ4v) is 3.02. The second-order valence-corrected chi connectivity index (χ2v) is 6.58. The summed E-state index contributed by atoms with van der Waals surface area (Å²) in [5, 5.41) is 6.59. The lowest BCUT2D eigenvalue weighted by Gasteiger charge is -2.10. The van der Waals surface area contributed by atoms with Crippen LogP contribution in [0.5, 0.6) is 0 Å². The topological polar surface area (TPSA) is 89.3 Å². The zero-order chi connectivity index (χ0) is 15.2. The number of benzene rings is 1. The molecule has 1 saturated carbocycles. The smallest absolute Gasteiger partial charge is 0.253 e. The van der Waals surface area contributed by atoms with Gasteiger partial charge in [-0.1, -0.05) is 18.5 Å². The second-order valence-electron chi connectivity index (χ2n) is 4.70. The highest BCUT2D eigenvalue weighted by molar-refractivity contribution is 7.89. The van der Waals surface area contributed by atoms with Crippen LogP contribution < -0.4 is 10.5 Å². The van der Waals surface area contributed by atoms with Gasteiger partial charge in [-0.25, -0.2) is 22.3 Å². The summed E-state index contributed by atoms with van der Waals surface area (Å²) in [4.78, 5) is 10.7. The minimum absolute atomic E-state index is 0.0791. The van der Waals surface area contributed by atoms with E-state index >= 15 is 0 Å². The van der Waals surface area contributed by atoms with E-state index in [1.165, 1.54) is 0 Å². The van der Waals surface area contributed by atoms with Gasteiger partial charge in [0.1, 0.15) is 4.90 Å². The Morgan fingerprint density at radius 2 is 2.05 bits per heavy atom. The van der Waals surface area contributed by atoms with Crippen molar-refractivity contribution >= 4 is 27.5 Å². The number of hydrogen-bond donors (Lipinski definition) is 2. The predicted octanol–water partition coefficient (Wildman–Crippen LogP) is 1.40. The van der Waals surface area contributed by atoms with E-state index in [4.69, 9.17) is 16.7 Å². The van der Waals surface area contributed by atoms with E-state index in [0.29, 0.717) is 6.07 Å². The Hall–Kier alpha value is -1.25. The number of rotatable bonds is 3. The van der Waals surface area contributed by atoms with Crippen molar-refractivity contribution in [3.05, 3.63) is 28.3 Å². The number of carbonyl (C=O) groups excluding carboxylic acids is 1. The first-order chi connectivity index (χ1) is 9.12. The molecule has 0 aliphatic heterocycles. The van der Waals surface area contributed by atoms with Gasteiger partial charge in [0, 0.05) is 6.04 Å². The van der Waals surface area contributed by atoms with Crippen molar-refractivity contribution in [2.24, 2.45) is 11.1 Å². The lowest BCUT2D eigenvalue weighted by molar-refractivity contribution is 0.0948. The van der Waals surface area contributed by atoms with Crippen LogP contribution in [-0.4, -0.2) is 20.4 Å². The molecule has 0 radical (unpaired) electrons. The number of sulfonamides is 1. The summed E-state index contributed by atoms with van der Waals surface area (Å²) in [5.41, 5.74) is -0.464. The van der Waals surface area contributed by atoms with Gasteiger partial charge in [0.15, 0.2) is 11.6 Å². The number of nitrogens with two attached hydrogens (primary N) is 1. The molecule has 0 aromatic heterocycles. The van der Waals surface area contributed by atoms with Crippen molar-refractivity contribution in [2.45, 2.75) is 24.3 Å². The number of nitrogens with one attached hydrogen (secondary N) is 1. The molecular formula is C11H11ClF2N2O3S. The Morgan fingerprint density at radius 1 is 1.50 bits per heavy atom. The van der Waals surface area contributed by atoms with Crippen LogP contribution in [0.4, 0.5) is 8.78 Å². The van der Waals surface area contributed by atoms with Gasteiger partial charge in [0.05, 0.1) is 10.6 Å². The third kappa shape index (κ3) is 2.77. The summed E-state index contributed by atoms with van der Waals surface area (Å²) in [6.45, 7) is 1.90. The summed E-state index contributed by atoms with van der Waals surface area (Å²) in [7, 11) is -4.59. The monoisotopic (exact) mass is 324 g/mol. The fourth-order valence-electron chi connectivity index (χ4n) is 1.76. The van der Waals surface area contributed by atoms with E-state index in [0.717, 1.165) is 6.42 Å². The lowest BCUT2D eigenvalue weighted by atomic mass is 10.2. The van der Waals surface area contributed by atoms with Gasteiger partial charge in [0.25, 0.3) is 5.91 Å². The zero-order valence-corrected chi connectivity index (χ0v) is 11.9. The molecule has 0 saturated heterocycles. The average molecular weight is 325 g/mol. The van der Waals surface area contributed by atoms with Gasteiger partial charge in [-0.15, -0.1) is 0 Å². The number of carbonyl (C=O) groups is 1. The molecule has 1 amide bonds. The Kier molecular flexibility index (Phi) is 3.74. The molecule has 0 bridgehead atoms. The van der Waals surface area contributed by atoms with Crippen LogP contribution in [0.3, 0.4) is 0 Å². The summed E-state index contributed by atoms with van der Waals surface area (Å²) in [6.07, 6.45) is 0.759. The van der Waals surface area contributed by atoms with Gasteiger partial charge in [-0.05, 0) is 18.4 Å². The molecule has 110 valence electrons. The molecule has 5 nitrogen and oxygen atoms in total. The molecule has 3 N–H and O–H groups in total. The molecule has 2 unspecified atom stereocenters. The van der Waals surface area contributed by atoms with E-state index in [-0.39, 0.29) is 12.0 Å². The van der Waals surface area contributed by atoms with Crippen LogP contribution >= 0.6 is 11.6 Å². The van der Waals surface area contributed by atoms with Gasteiger partial charge >= 0.3 is 0 Å². The SMILES string of the molecule is CC1CC1NC(=O)c1cc(F)c(F)c(S(N)(=O)=O)c1Cl. The predicted molar refractivity (Wildman–Crippen MR) is 67.8 cm³/mol. The highest BCUT2D eigenvalue weighted by atomic mass is 35.5. The molecule has 2 atom stereocenters. The molecule has 20 heavy (non-hydrogen) atoms. The fraction of sp³-hybridized carbons (Fsp3) is 0.364. The minimum Gasteiger partial charge on any atom is -0.349 e. The van der Waals surface area contributed by atoms with Crippen LogP contribution in [0.15, 0.2) is 11.0 Å². The molecule has 1 aliphatic rings. The first kappa shape index (κ1) is 15.1. The number of halogens is 3. The van der Waals surface area contributed by atoms with Crippen molar-refractivity contribution in [3.8, 4) is 0 Å².